The maximum atomic E-state index is 5.48. The van der Waals surface area contributed by atoms with Gasteiger partial charge >= 0.3 is 0 Å². The van der Waals surface area contributed by atoms with Crippen molar-refractivity contribution in [2.45, 2.75) is 40.3 Å². The maximum absolute atomic E-state index is 5.48. The number of hydrogen-bond acceptors (Lipinski definition) is 2. The first kappa shape index (κ1) is 15.6. The van der Waals surface area contributed by atoms with E-state index in [1.54, 1.807) is 0 Å². The van der Waals surface area contributed by atoms with Crippen molar-refractivity contribution in [3.8, 4) is 5.75 Å². The molecule has 1 N–H and O–H groups in total. The van der Waals surface area contributed by atoms with Crippen LogP contribution in [0.2, 0.25) is 0 Å². The summed E-state index contributed by atoms with van der Waals surface area (Å²) >= 11 is 0. The summed E-state index contributed by atoms with van der Waals surface area (Å²) < 4.78 is 5.48. The Morgan fingerprint density at radius 1 is 1.00 bits per heavy atom. The minimum absolute atomic E-state index is 0.319. The number of aryl methyl sites for hydroxylation is 2. The predicted octanol–water partition coefficient (Wildman–Crippen LogP) is 4.55. The van der Waals surface area contributed by atoms with Crippen LogP contribution in [0.15, 0.2) is 42.5 Å². The second-order valence-electron chi connectivity index (χ2n) is 5.47. The number of hydrogen-bond donors (Lipinski definition) is 1. The van der Waals surface area contributed by atoms with Crippen LogP contribution in [0.4, 0.5) is 0 Å². The van der Waals surface area contributed by atoms with E-state index in [0.717, 1.165) is 12.3 Å². The second kappa shape index (κ2) is 7.28. The molecule has 2 nitrogen and oxygen atoms in total. The highest BCUT2D eigenvalue weighted by Gasteiger charge is 2.07. The molecule has 0 aliphatic carbocycles. The summed E-state index contributed by atoms with van der Waals surface area (Å²) in [5, 5.41) is 3.61. The fraction of sp³-hybridized carbons (Fsp3) is 0.368. The van der Waals surface area contributed by atoms with Crippen molar-refractivity contribution < 1.29 is 4.74 Å². The number of nitrogens with one attached hydrogen (secondary N) is 1. The molecule has 112 valence electrons. The standard InChI is InChI=1S/C19H25NO/c1-5-21-18-11-9-17(10-12-18)16(4)20-13-19-14(2)7-6-8-15(19)3/h6-12,16,20H,5,13H2,1-4H3. The lowest BCUT2D eigenvalue weighted by Gasteiger charge is -2.17. The molecule has 0 radical (unpaired) electrons. The van der Waals surface area contributed by atoms with Crippen molar-refractivity contribution in [1.29, 1.82) is 0 Å². The normalized spacial score (nSPS) is 12.2. The fourth-order valence-corrected chi connectivity index (χ4v) is 2.52. The zero-order valence-electron chi connectivity index (χ0n) is 13.4. The first-order chi connectivity index (χ1) is 10.1. The van der Waals surface area contributed by atoms with E-state index in [0.29, 0.717) is 12.6 Å². The molecule has 0 saturated heterocycles. The third-order valence-corrected chi connectivity index (χ3v) is 3.92. The highest BCUT2D eigenvalue weighted by Crippen LogP contribution is 2.19. The van der Waals surface area contributed by atoms with Gasteiger partial charge in [-0.2, -0.15) is 0 Å². The second-order valence-corrected chi connectivity index (χ2v) is 5.47. The van der Waals surface area contributed by atoms with Gasteiger partial charge in [0.25, 0.3) is 0 Å². The summed E-state index contributed by atoms with van der Waals surface area (Å²) in [5.74, 6) is 0.934. The summed E-state index contributed by atoms with van der Waals surface area (Å²) in [4.78, 5) is 0. The zero-order valence-corrected chi connectivity index (χ0v) is 13.4. The molecule has 2 rings (SSSR count). The van der Waals surface area contributed by atoms with Gasteiger partial charge in [0.15, 0.2) is 0 Å². The fourth-order valence-electron chi connectivity index (χ4n) is 2.52. The van der Waals surface area contributed by atoms with Crippen LogP contribution in [0.1, 0.15) is 42.1 Å². The minimum atomic E-state index is 0.319. The maximum Gasteiger partial charge on any atom is 0.119 e. The van der Waals surface area contributed by atoms with E-state index < -0.39 is 0 Å². The largest absolute Gasteiger partial charge is 0.494 e. The van der Waals surface area contributed by atoms with Gasteiger partial charge in [0, 0.05) is 12.6 Å². The molecular formula is C19H25NO. The highest BCUT2D eigenvalue weighted by molar-refractivity contribution is 5.34. The van der Waals surface area contributed by atoms with Crippen molar-refractivity contribution in [3.63, 3.8) is 0 Å². The first-order valence-corrected chi connectivity index (χ1v) is 7.63. The quantitative estimate of drug-likeness (QED) is 0.839. The molecule has 0 aliphatic rings. The van der Waals surface area contributed by atoms with Gasteiger partial charge in [-0.1, -0.05) is 30.3 Å². The van der Waals surface area contributed by atoms with Crippen molar-refractivity contribution in [3.05, 3.63) is 64.7 Å². The van der Waals surface area contributed by atoms with Gasteiger partial charge in [0.2, 0.25) is 0 Å². The molecule has 1 atom stereocenters. The average Bonchev–Trinajstić information content (AvgIpc) is 2.47. The van der Waals surface area contributed by atoms with Gasteiger partial charge in [-0.25, -0.2) is 0 Å². The molecule has 2 aromatic rings. The van der Waals surface area contributed by atoms with Crippen molar-refractivity contribution in [2.24, 2.45) is 0 Å². The summed E-state index contributed by atoms with van der Waals surface area (Å²) in [7, 11) is 0. The molecule has 2 heteroatoms. The Hall–Kier alpha value is -1.80. The summed E-state index contributed by atoms with van der Waals surface area (Å²) in [6.07, 6.45) is 0. The van der Waals surface area contributed by atoms with Crippen LogP contribution in [0, 0.1) is 13.8 Å². The van der Waals surface area contributed by atoms with E-state index >= 15 is 0 Å². The van der Waals surface area contributed by atoms with E-state index in [1.165, 1.54) is 22.3 Å². The Balaban J connectivity index is 1.99. The van der Waals surface area contributed by atoms with E-state index in [1.807, 2.05) is 19.1 Å². The van der Waals surface area contributed by atoms with Gasteiger partial charge in [-0.15, -0.1) is 0 Å². The molecule has 2 aromatic carbocycles. The van der Waals surface area contributed by atoms with Crippen LogP contribution in [0.3, 0.4) is 0 Å². The first-order valence-electron chi connectivity index (χ1n) is 7.63. The van der Waals surface area contributed by atoms with Crippen molar-refractivity contribution >= 4 is 0 Å². The third kappa shape index (κ3) is 4.08. The zero-order chi connectivity index (χ0) is 15.2. The van der Waals surface area contributed by atoms with Gasteiger partial charge in [-0.3, -0.25) is 0 Å². The van der Waals surface area contributed by atoms with Crippen molar-refractivity contribution in [1.82, 2.24) is 5.32 Å². The lowest BCUT2D eigenvalue weighted by molar-refractivity contribution is 0.340. The van der Waals surface area contributed by atoms with E-state index in [-0.39, 0.29) is 0 Å². The Morgan fingerprint density at radius 2 is 1.62 bits per heavy atom. The molecule has 0 heterocycles. The molecule has 0 aliphatic heterocycles. The molecule has 1 unspecified atom stereocenters. The number of rotatable bonds is 6. The third-order valence-electron chi connectivity index (χ3n) is 3.92. The van der Waals surface area contributed by atoms with Crippen LogP contribution >= 0.6 is 0 Å². The molecule has 21 heavy (non-hydrogen) atoms. The molecule has 0 spiro atoms. The molecule has 0 bridgehead atoms. The van der Waals surface area contributed by atoms with E-state index in [2.05, 4.69) is 56.4 Å². The Labute approximate surface area is 128 Å². The Kier molecular flexibility index (Phi) is 5.40. The topological polar surface area (TPSA) is 21.3 Å². The van der Waals surface area contributed by atoms with Crippen LogP contribution in [-0.2, 0) is 6.54 Å². The van der Waals surface area contributed by atoms with Crippen LogP contribution < -0.4 is 10.1 Å². The monoisotopic (exact) mass is 283 g/mol. The van der Waals surface area contributed by atoms with Crippen molar-refractivity contribution in [2.75, 3.05) is 6.61 Å². The minimum Gasteiger partial charge on any atom is -0.494 e. The Bertz CT molecular complexity index is 554. The lowest BCUT2D eigenvalue weighted by atomic mass is 10.0. The van der Waals surface area contributed by atoms with Gasteiger partial charge < -0.3 is 10.1 Å². The Morgan fingerprint density at radius 3 is 2.19 bits per heavy atom. The smallest absolute Gasteiger partial charge is 0.119 e. The molecular weight excluding hydrogens is 258 g/mol. The van der Waals surface area contributed by atoms with Gasteiger partial charge in [0.05, 0.1) is 6.61 Å². The molecule has 0 aromatic heterocycles. The van der Waals surface area contributed by atoms with Gasteiger partial charge in [-0.05, 0) is 62.1 Å². The average molecular weight is 283 g/mol. The lowest BCUT2D eigenvalue weighted by Crippen LogP contribution is -2.19. The van der Waals surface area contributed by atoms with Crippen LogP contribution in [0.25, 0.3) is 0 Å². The van der Waals surface area contributed by atoms with Crippen LogP contribution in [-0.4, -0.2) is 6.61 Å². The summed E-state index contributed by atoms with van der Waals surface area (Å²) in [5.41, 5.74) is 5.38. The van der Waals surface area contributed by atoms with Gasteiger partial charge in [0.1, 0.15) is 5.75 Å². The molecule has 0 amide bonds. The predicted molar refractivity (Wildman–Crippen MR) is 88.8 cm³/mol. The van der Waals surface area contributed by atoms with Crippen LogP contribution in [0.5, 0.6) is 5.75 Å². The molecule has 0 saturated carbocycles. The highest BCUT2D eigenvalue weighted by atomic mass is 16.5. The SMILES string of the molecule is CCOc1ccc(C(C)NCc2c(C)cccc2C)cc1. The van der Waals surface area contributed by atoms with E-state index in [4.69, 9.17) is 4.74 Å². The number of benzene rings is 2. The van der Waals surface area contributed by atoms with E-state index in [9.17, 15) is 0 Å². The summed E-state index contributed by atoms with van der Waals surface area (Å²) in [6, 6.07) is 15.1. The summed E-state index contributed by atoms with van der Waals surface area (Å²) in [6.45, 7) is 10.1. The molecule has 0 fully saturated rings. The number of ether oxygens (including phenoxy) is 1.